The number of ether oxygens (including phenoxy) is 1. The number of nitrogens with zero attached hydrogens (tertiary/aromatic N) is 1. The number of fused-ring (bicyclic) bond motifs is 1. The lowest BCUT2D eigenvalue weighted by Crippen LogP contribution is -2.19. The van der Waals surface area contributed by atoms with Gasteiger partial charge in [0.05, 0.1) is 5.52 Å². The molecule has 0 saturated heterocycles. The van der Waals surface area contributed by atoms with Gasteiger partial charge in [-0.15, -0.1) is 0 Å². The van der Waals surface area contributed by atoms with Crippen LogP contribution in [-0.2, 0) is 13.2 Å². The minimum absolute atomic E-state index is 0.0386. The molecule has 0 aliphatic rings. The first-order valence-electron chi connectivity index (χ1n) is 7.19. The predicted octanol–water partition coefficient (Wildman–Crippen LogP) is 4.36. The van der Waals surface area contributed by atoms with E-state index in [1.165, 1.54) is 0 Å². The highest BCUT2D eigenvalue weighted by atomic mass is 79.9. The minimum Gasteiger partial charge on any atom is -0.488 e. The van der Waals surface area contributed by atoms with Crippen molar-refractivity contribution >= 4 is 26.8 Å². The summed E-state index contributed by atoms with van der Waals surface area (Å²) in [6.07, 6.45) is 0. The summed E-state index contributed by atoms with van der Waals surface area (Å²) in [5.74, 6) is 0.626. The van der Waals surface area contributed by atoms with Crippen LogP contribution in [-0.4, -0.2) is 4.57 Å². The second-order valence-electron chi connectivity index (χ2n) is 4.99. The summed E-state index contributed by atoms with van der Waals surface area (Å²) < 4.78 is 8.67. The molecule has 1 aromatic heterocycles. The van der Waals surface area contributed by atoms with Gasteiger partial charge in [-0.05, 0) is 25.1 Å². The van der Waals surface area contributed by atoms with Crippen LogP contribution >= 0.6 is 15.9 Å². The standard InChI is InChI=1S/C18H16BrNO2/c1-2-20-16-10-6-4-8-14(16)17(11-18(20)21)22-12-13-7-3-5-9-15(13)19/h3-11H,2,12H2,1H3. The zero-order chi connectivity index (χ0) is 15.5. The lowest BCUT2D eigenvalue weighted by atomic mass is 10.2. The Morgan fingerprint density at radius 1 is 1.09 bits per heavy atom. The number of aromatic nitrogens is 1. The number of aryl methyl sites for hydroxylation is 1. The molecule has 112 valence electrons. The molecule has 0 aliphatic carbocycles. The first-order chi connectivity index (χ1) is 10.7. The highest BCUT2D eigenvalue weighted by Crippen LogP contribution is 2.25. The number of halogens is 1. The van der Waals surface area contributed by atoms with Gasteiger partial charge in [0.1, 0.15) is 12.4 Å². The molecule has 3 rings (SSSR count). The highest BCUT2D eigenvalue weighted by Gasteiger charge is 2.09. The van der Waals surface area contributed by atoms with Crippen molar-refractivity contribution in [2.24, 2.45) is 0 Å². The summed E-state index contributed by atoms with van der Waals surface area (Å²) >= 11 is 3.51. The van der Waals surface area contributed by atoms with Gasteiger partial charge in [-0.1, -0.05) is 46.3 Å². The number of hydrogen-bond donors (Lipinski definition) is 0. The molecule has 0 N–H and O–H groups in total. The number of pyridine rings is 1. The molecular formula is C18H16BrNO2. The first-order valence-corrected chi connectivity index (χ1v) is 7.99. The Morgan fingerprint density at radius 2 is 1.82 bits per heavy atom. The summed E-state index contributed by atoms with van der Waals surface area (Å²) in [4.78, 5) is 12.2. The smallest absolute Gasteiger partial charge is 0.254 e. The molecule has 0 saturated carbocycles. The van der Waals surface area contributed by atoms with E-state index in [2.05, 4.69) is 15.9 Å². The Kier molecular flexibility index (Phi) is 4.29. The number of para-hydroxylation sites is 1. The van der Waals surface area contributed by atoms with Crippen LogP contribution in [0.15, 0.2) is 63.9 Å². The van der Waals surface area contributed by atoms with Gasteiger partial charge in [-0.25, -0.2) is 0 Å². The molecule has 0 radical (unpaired) electrons. The lowest BCUT2D eigenvalue weighted by Gasteiger charge is -2.13. The van der Waals surface area contributed by atoms with Gasteiger partial charge in [0.2, 0.25) is 0 Å². The zero-order valence-electron chi connectivity index (χ0n) is 12.3. The molecule has 0 unspecified atom stereocenters. The molecular weight excluding hydrogens is 342 g/mol. The normalized spacial score (nSPS) is 10.8. The fraction of sp³-hybridized carbons (Fsp3) is 0.167. The number of hydrogen-bond acceptors (Lipinski definition) is 2. The molecule has 0 amide bonds. The van der Waals surface area contributed by atoms with Crippen LogP contribution in [0.4, 0.5) is 0 Å². The van der Waals surface area contributed by atoms with Crippen molar-refractivity contribution in [3.8, 4) is 5.75 Å². The number of rotatable bonds is 4. The first kappa shape index (κ1) is 14.9. The van der Waals surface area contributed by atoms with Crippen molar-refractivity contribution in [3.63, 3.8) is 0 Å². The van der Waals surface area contributed by atoms with Crippen LogP contribution in [0.3, 0.4) is 0 Å². The molecule has 0 spiro atoms. The molecule has 4 heteroatoms. The van der Waals surface area contributed by atoms with E-state index < -0.39 is 0 Å². The van der Waals surface area contributed by atoms with E-state index in [4.69, 9.17) is 4.74 Å². The van der Waals surface area contributed by atoms with Gasteiger partial charge in [-0.3, -0.25) is 4.79 Å². The minimum atomic E-state index is -0.0386. The van der Waals surface area contributed by atoms with Crippen molar-refractivity contribution in [3.05, 3.63) is 75.0 Å². The second-order valence-corrected chi connectivity index (χ2v) is 5.84. The van der Waals surface area contributed by atoms with E-state index in [0.717, 1.165) is 20.9 Å². The Balaban J connectivity index is 2.01. The van der Waals surface area contributed by atoms with Crippen LogP contribution in [0.25, 0.3) is 10.9 Å². The molecule has 1 heterocycles. The van der Waals surface area contributed by atoms with E-state index in [9.17, 15) is 4.79 Å². The Hall–Kier alpha value is -2.07. The molecule has 2 aromatic carbocycles. The van der Waals surface area contributed by atoms with Crippen molar-refractivity contribution in [2.75, 3.05) is 0 Å². The maximum Gasteiger partial charge on any atom is 0.254 e. The highest BCUT2D eigenvalue weighted by molar-refractivity contribution is 9.10. The van der Waals surface area contributed by atoms with Crippen molar-refractivity contribution in [1.82, 2.24) is 4.57 Å². The average Bonchev–Trinajstić information content (AvgIpc) is 2.54. The third-order valence-corrected chi connectivity index (χ3v) is 4.41. The lowest BCUT2D eigenvalue weighted by molar-refractivity contribution is 0.308. The summed E-state index contributed by atoms with van der Waals surface area (Å²) in [7, 11) is 0. The number of benzene rings is 2. The third kappa shape index (κ3) is 2.79. The molecule has 22 heavy (non-hydrogen) atoms. The maximum absolute atomic E-state index is 12.2. The van der Waals surface area contributed by atoms with Gasteiger partial charge >= 0.3 is 0 Å². The van der Waals surface area contributed by atoms with Crippen LogP contribution in [0.1, 0.15) is 12.5 Å². The van der Waals surface area contributed by atoms with Gasteiger partial charge in [0.25, 0.3) is 5.56 Å². The van der Waals surface area contributed by atoms with Gasteiger partial charge in [-0.2, -0.15) is 0 Å². The second kappa shape index (κ2) is 6.36. The molecule has 0 atom stereocenters. The van der Waals surface area contributed by atoms with Crippen LogP contribution in [0.5, 0.6) is 5.75 Å². The quantitative estimate of drug-likeness (QED) is 0.694. The van der Waals surface area contributed by atoms with E-state index >= 15 is 0 Å². The zero-order valence-corrected chi connectivity index (χ0v) is 13.8. The summed E-state index contributed by atoms with van der Waals surface area (Å²) in [5, 5.41) is 0.955. The van der Waals surface area contributed by atoms with Crippen LogP contribution in [0.2, 0.25) is 0 Å². The SMILES string of the molecule is CCn1c(=O)cc(OCc2ccccc2Br)c2ccccc21. The van der Waals surface area contributed by atoms with E-state index in [0.29, 0.717) is 18.9 Å². The summed E-state index contributed by atoms with van der Waals surface area (Å²) in [5.41, 5.74) is 1.91. The van der Waals surface area contributed by atoms with Crippen LogP contribution < -0.4 is 10.3 Å². The summed E-state index contributed by atoms with van der Waals surface area (Å²) in [6.45, 7) is 3.03. The third-order valence-electron chi connectivity index (χ3n) is 3.64. The fourth-order valence-corrected chi connectivity index (χ4v) is 2.92. The van der Waals surface area contributed by atoms with Gasteiger partial charge in [0, 0.05) is 28.0 Å². The van der Waals surface area contributed by atoms with Crippen molar-refractivity contribution < 1.29 is 4.74 Å². The van der Waals surface area contributed by atoms with E-state index in [-0.39, 0.29) is 5.56 Å². The van der Waals surface area contributed by atoms with Crippen molar-refractivity contribution in [2.45, 2.75) is 20.1 Å². The van der Waals surface area contributed by atoms with Gasteiger partial charge in [0.15, 0.2) is 0 Å². The molecule has 0 aliphatic heterocycles. The Labute approximate surface area is 137 Å². The molecule has 0 bridgehead atoms. The molecule has 3 aromatic rings. The van der Waals surface area contributed by atoms with E-state index in [1.54, 1.807) is 10.6 Å². The predicted molar refractivity (Wildman–Crippen MR) is 92.4 cm³/mol. The average molecular weight is 358 g/mol. The molecule has 3 nitrogen and oxygen atoms in total. The monoisotopic (exact) mass is 357 g/mol. The maximum atomic E-state index is 12.2. The Bertz CT molecular complexity index is 870. The topological polar surface area (TPSA) is 31.2 Å². The van der Waals surface area contributed by atoms with E-state index in [1.807, 2.05) is 55.5 Å². The summed E-state index contributed by atoms with van der Waals surface area (Å²) in [6, 6.07) is 17.3. The Morgan fingerprint density at radius 3 is 2.59 bits per heavy atom. The van der Waals surface area contributed by atoms with Crippen molar-refractivity contribution in [1.29, 1.82) is 0 Å². The largest absolute Gasteiger partial charge is 0.488 e. The molecule has 0 fully saturated rings. The van der Waals surface area contributed by atoms with Gasteiger partial charge < -0.3 is 9.30 Å². The fourth-order valence-electron chi connectivity index (χ4n) is 2.52. The van der Waals surface area contributed by atoms with Crippen LogP contribution in [0, 0.1) is 0 Å².